The van der Waals surface area contributed by atoms with E-state index in [4.69, 9.17) is 10.5 Å². The van der Waals surface area contributed by atoms with Crippen LogP contribution in [0.2, 0.25) is 0 Å². The van der Waals surface area contributed by atoms with Crippen molar-refractivity contribution in [1.29, 1.82) is 0 Å². The quantitative estimate of drug-likeness (QED) is 0.844. The summed E-state index contributed by atoms with van der Waals surface area (Å²) >= 11 is 0. The molecule has 28 heavy (non-hydrogen) atoms. The van der Waals surface area contributed by atoms with Crippen molar-refractivity contribution in [3.05, 3.63) is 59.4 Å². The molecule has 3 N–H and O–H groups in total. The lowest BCUT2D eigenvalue weighted by Gasteiger charge is -2.26. The van der Waals surface area contributed by atoms with Gasteiger partial charge in [-0.05, 0) is 51.1 Å². The van der Waals surface area contributed by atoms with Gasteiger partial charge in [-0.3, -0.25) is 9.79 Å². The summed E-state index contributed by atoms with van der Waals surface area (Å²) in [6.07, 6.45) is 1.72. The molecule has 1 aromatic heterocycles. The van der Waals surface area contributed by atoms with Gasteiger partial charge in [-0.1, -0.05) is 0 Å². The van der Waals surface area contributed by atoms with E-state index in [1.165, 1.54) is 30.5 Å². The van der Waals surface area contributed by atoms with Crippen LogP contribution in [0.4, 0.5) is 14.5 Å². The number of carbonyl (C=O) groups is 1. The van der Waals surface area contributed by atoms with Crippen LogP contribution < -0.4 is 11.1 Å². The maximum atomic E-state index is 14.6. The first kappa shape index (κ1) is 19.9. The Labute approximate surface area is 161 Å². The topological polar surface area (TPSA) is 89.6 Å². The Bertz CT molecular complexity index is 946. The highest BCUT2D eigenvalue weighted by Gasteiger charge is 2.36. The minimum absolute atomic E-state index is 0.260. The Morgan fingerprint density at radius 3 is 2.68 bits per heavy atom. The van der Waals surface area contributed by atoms with Gasteiger partial charge in [-0.15, -0.1) is 0 Å². The molecule has 0 unspecified atom stereocenters. The van der Waals surface area contributed by atoms with Crippen molar-refractivity contribution in [2.24, 2.45) is 10.7 Å². The largest absolute Gasteiger partial charge is 0.385 e. The van der Waals surface area contributed by atoms with Gasteiger partial charge in [-0.25, -0.2) is 13.8 Å². The van der Waals surface area contributed by atoms with Crippen molar-refractivity contribution >= 4 is 17.4 Å². The summed E-state index contributed by atoms with van der Waals surface area (Å²) in [6.45, 7) is 5.69. The number of rotatable bonds is 3. The highest BCUT2D eigenvalue weighted by molar-refractivity contribution is 6.03. The third kappa shape index (κ3) is 3.87. The number of pyridine rings is 1. The Morgan fingerprint density at radius 1 is 1.21 bits per heavy atom. The van der Waals surface area contributed by atoms with Crippen LogP contribution in [-0.2, 0) is 10.3 Å². The molecule has 8 heteroatoms. The Morgan fingerprint density at radius 2 is 1.96 bits per heavy atom. The Hall–Kier alpha value is -2.87. The highest BCUT2D eigenvalue weighted by atomic mass is 19.1. The van der Waals surface area contributed by atoms with Gasteiger partial charge in [-0.2, -0.15) is 0 Å². The van der Waals surface area contributed by atoms with Gasteiger partial charge < -0.3 is 15.8 Å². The highest BCUT2D eigenvalue weighted by Crippen LogP contribution is 2.36. The molecule has 1 atom stereocenters. The molecule has 1 amide bonds. The molecule has 0 spiro atoms. The number of hydrogen-bond acceptors (Lipinski definition) is 5. The lowest BCUT2D eigenvalue weighted by molar-refractivity contribution is 0.0319. The van der Waals surface area contributed by atoms with Crippen LogP contribution in [0.3, 0.4) is 0 Å². The average Bonchev–Trinajstić information content (AvgIpc) is 2.73. The molecule has 1 aliphatic heterocycles. The number of hydrogen-bond donors (Lipinski definition) is 2. The fourth-order valence-corrected chi connectivity index (χ4v) is 2.99. The van der Waals surface area contributed by atoms with Crippen LogP contribution in [0.1, 0.15) is 43.2 Å². The van der Waals surface area contributed by atoms with Gasteiger partial charge in [0.2, 0.25) is 0 Å². The Balaban J connectivity index is 1.95. The van der Waals surface area contributed by atoms with Crippen LogP contribution in [0.15, 0.2) is 41.5 Å². The number of amidine groups is 1. The number of carbonyl (C=O) groups excluding carboxylic acids is 1. The summed E-state index contributed by atoms with van der Waals surface area (Å²) in [5, 5.41) is 2.55. The number of amides is 1. The van der Waals surface area contributed by atoms with E-state index in [1.807, 2.05) is 0 Å². The molecule has 0 fully saturated rings. The molecular weight excluding hydrogens is 366 g/mol. The monoisotopic (exact) mass is 388 g/mol. The number of aliphatic imine (C=N–C) groups is 1. The van der Waals surface area contributed by atoms with Crippen LogP contribution >= 0.6 is 0 Å². The van der Waals surface area contributed by atoms with E-state index in [-0.39, 0.29) is 17.1 Å². The number of anilines is 1. The van der Waals surface area contributed by atoms with Crippen LogP contribution in [-0.4, -0.2) is 28.9 Å². The van der Waals surface area contributed by atoms with Crippen LogP contribution in [0.5, 0.6) is 0 Å². The molecule has 1 aromatic carbocycles. The zero-order chi connectivity index (χ0) is 20.5. The molecule has 0 radical (unpaired) electrons. The van der Waals surface area contributed by atoms with Crippen LogP contribution in [0, 0.1) is 11.6 Å². The summed E-state index contributed by atoms with van der Waals surface area (Å²) in [4.78, 5) is 20.6. The van der Waals surface area contributed by atoms with E-state index in [1.54, 1.807) is 20.8 Å². The van der Waals surface area contributed by atoms with Gasteiger partial charge in [0.1, 0.15) is 17.3 Å². The number of nitrogens with zero attached hydrogens (tertiary/aromatic N) is 2. The van der Waals surface area contributed by atoms with Crippen molar-refractivity contribution in [3.8, 4) is 0 Å². The molecule has 0 saturated carbocycles. The summed E-state index contributed by atoms with van der Waals surface area (Å²) in [7, 11) is 0. The van der Waals surface area contributed by atoms with Gasteiger partial charge in [0.05, 0.1) is 12.1 Å². The van der Waals surface area contributed by atoms with Crippen molar-refractivity contribution in [3.63, 3.8) is 0 Å². The molecule has 148 valence electrons. The summed E-state index contributed by atoms with van der Waals surface area (Å²) < 4.78 is 34.1. The normalized spacial score (nSPS) is 21.5. The first-order valence-corrected chi connectivity index (χ1v) is 8.84. The first-order valence-electron chi connectivity index (χ1n) is 8.84. The number of ether oxygens (including phenoxy) is 1. The van der Waals surface area contributed by atoms with Gasteiger partial charge >= 0.3 is 0 Å². The predicted octanol–water partition coefficient (Wildman–Crippen LogP) is 3.38. The summed E-state index contributed by atoms with van der Waals surface area (Å²) in [5.74, 6) is -1.69. The Kier molecular flexibility index (Phi) is 5.16. The van der Waals surface area contributed by atoms with Crippen molar-refractivity contribution < 1.29 is 18.3 Å². The zero-order valence-corrected chi connectivity index (χ0v) is 15.9. The van der Waals surface area contributed by atoms with Gasteiger partial charge in [0, 0.05) is 23.9 Å². The fraction of sp³-hybridized carbons (Fsp3) is 0.350. The summed E-state index contributed by atoms with van der Waals surface area (Å²) in [6, 6.07) is 6.63. The maximum absolute atomic E-state index is 14.6. The third-order valence-corrected chi connectivity index (χ3v) is 4.81. The maximum Gasteiger partial charge on any atom is 0.277 e. The molecule has 1 aliphatic rings. The van der Waals surface area contributed by atoms with Crippen molar-refractivity contribution in [1.82, 2.24) is 4.98 Å². The van der Waals surface area contributed by atoms with E-state index >= 15 is 0 Å². The minimum Gasteiger partial charge on any atom is -0.385 e. The first-order chi connectivity index (χ1) is 13.1. The van der Waals surface area contributed by atoms with Gasteiger partial charge in [0.15, 0.2) is 11.5 Å². The number of halogens is 2. The second-order valence-electron chi connectivity index (χ2n) is 7.36. The SMILES string of the molecule is CC1(C)OCC[C@@](C)(c2cc(NC(=O)c3ncccc3F)ccc2F)N=C1N. The lowest BCUT2D eigenvalue weighted by atomic mass is 9.88. The smallest absolute Gasteiger partial charge is 0.277 e. The van der Waals surface area contributed by atoms with E-state index in [2.05, 4.69) is 15.3 Å². The number of nitrogens with two attached hydrogens (primary N) is 1. The molecule has 0 bridgehead atoms. The molecule has 2 aromatic rings. The van der Waals surface area contributed by atoms with Crippen molar-refractivity contribution in [2.75, 3.05) is 11.9 Å². The van der Waals surface area contributed by atoms with E-state index in [0.29, 0.717) is 18.7 Å². The molecule has 3 rings (SSSR count). The number of nitrogens with one attached hydrogen (secondary N) is 1. The summed E-state index contributed by atoms with van der Waals surface area (Å²) in [5.41, 5.74) is 4.56. The second kappa shape index (κ2) is 7.27. The fourth-order valence-electron chi connectivity index (χ4n) is 2.99. The number of benzene rings is 1. The standard InChI is InChI=1S/C20H22F2N4O2/c1-19(2)18(23)26-20(3,8-10-28-19)13-11-12(6-7-14(13)21)25-17(27)16-15(22)5-4-9-24-16/h4-7,9,11H,8,10H2,1-3H3,(H2,23,26)(H,25,27)/t20-/m0/s1. The molecule has 0 saturated heterocycles. The predicted molar refractivity (Wildman–Crippen MR) is 102 cm³/mol. The zero-order valence-electron chi connectivity index (χ0n) is 15.9. The van der Waals surface area contributed by atoms with Gasteiger partial charge in [0.25, 0.3) is 5.91 Å². The third-order valence-electron chi connectivity index (χ3n) is 4.81. The van der Waals surface area contributed by atoms with Crippen LogP contribution in [0.25, 0.3) is 0 Å². The molecular formula is C20H22F2N4O2. The molecule has 2 heterocycles. The average molecular weight is 388 g/mol. The second-order valence-corrected chi connectivity index (χ2v) is 7.36. The van der Waals surface area contributed by atoms with Crippen molar-refractivity contribution in [2.45, 2.75) is 38.3 Å². The van der Waals surface area contributed by atoms with E-state index < -0.39 is 28.7 Å². The van der Waals surface area contributed by atoms with E-state index in [9.17, 15) is 13.6 Å². The molecule has 0 aliphatic carbocycles. The van der Waals surface area contributed by atoms with E-state index in [0.717, 1.165) is 6.07 Å². The minimum atomic E-state index is -0.973. The molecule has 6 nitrogen and oxygen atoms in total. The lowest BCUT2D eigenvalue weighted by Crippen LogP contribution is -2.40. The number of aromatic nitrogens is 1.